The predicted molar refractivity (Wildman–Crippen MR) is 90.7 cm³/mol. The summed E-state index contributed by atoms with van der Waals surface area (Å²) in [6.45, 7) is 3.11. The molecule has 3 rings (SSSR count). The van der Waals surface area contributed by atoms with E-state index in [4.69, 9.17) is 20.9 Å². The first kappa shape index (κ1) is 17.8. The molecule has 1 aromatic carbocycles. The zero-order chi connectivity index (χ0) is 17.8. The molecule has 0 amide bonds. The lowest BCUT2D eigenvalue weighted by molar-refractivity contribution is 0.173. The SMILES string of the molecule is CCn1c(COC)nnc1SCc1noc(-c2cc(Cl)ccc2F)n1. The van der Waals surface area contributed by atoms with Crippen molar-refractivity contribution in [3.05, 3.63) is 40.7 Å². The molecule has 0 unspecified atom stereocenters. The molecule has 0 spiro atoms. The zero-order valence-corrected chi connectivity index (χ0v) is 15.1. The van der Waals surface area contributed by atoms with E-state index in [1.165, 1.54) is 30.0 Å². The minimum atomic E-state index is -0.470. The first-order chi connectivity index (χ1) is 12.1. The smallest absolute Gasteiger partial charge is 0.260 e. The number of rotatable bonds is 7. The molecule has 7 nitrogen and oxygen atoms in total. The van der Waals surface area contributed by atoms with E-state index in [0.29, 0.717) is 23.2 Å². The van der Waals surface area contributed by atoms with Gasteiger partial charge in [0.2, 0.25) is 0 Å². The van der Waals surface area contributed by atoms with Crippen molar-refractivity contribution < 1.29 is 13.7 Å². The van der Waals surface area contributed by atoms with Crippen molar-refractivity contribution in [1.29, 1.82) is 0 Å². The molecule has 2 aromatic heterocycles. The molecule has 2 heterocycles. The van der Waals surface area contributed by atoms with E-state index in [9.17, 15) is 4.39 Å². The van der Waals surface area contributed by atoms with Crippen LogP contribution in [0.2, 0.25) is 5.02 Å². The molecular weight excluding hydrogens is 369 g/mol. The van der Waals surface area contributed by atoms with E-state index in [0.717, 1.165) is 17.5 Å². The monoisotopic (exact) mass is 383 g/mol. The first-order valence-electron chi connectivity index (χ1n) is 7.44. The largest absolute Gasteiger partial charge is 0.377 e. The Morgan fingerprint density at radius 2 is 2.20 bits per heavy atom. The van der Waals surface area contributed by atoms with Gasteiger partial charge >= 0.3 is 0 Å². The summed E-state index contributed by atoms with van der Waals surface area (Å²) in [4.78, 5) is 4.22. The summed E-state index contributed by atoms with van der Waals surface area (Å²) < 4.78 is 26.1. The van der Waals surface area contributed by atoms with Gasteiger partial charge in [0, 0.05) is 18.7 Å². The summed E-state index contributed by atoms with van der Waals surface area (Å²) in [5.74, 6) is 1.21. The molecule has 0 bridgehead atoms. The third-order valence-corrected chi connectivity index (χ3v) is 4.54. The van der Waals surface area contributed by atoms with Crippen LogP contribution in [0.15, 0.2) is 27.9 Å². The molecule has 25 heavy (non-hydrogen) atoms. The quantitative estimate of drug-likeness (QED) is 0.577. The van der Waals surface area contributed by atoms with Crippen LogP contribution < -0.4 is 0 Å². The molecular formula is C15H15ClFN5O2S. The van der Waals surface area contributed by atoms with Gasteiger partial charge in [-0.25, -0.2) is 4.39 Å². The highest BCUT2D eigenvalue weighted by molar-refractivity contribution is 7.98. The Bertz CT molecular complexity index is 869. The average Bonchev–Trinajstić information content (AvgIpc) is 3.22. The van der Waals surface area contributed by atoms with Gasteiger partial charge in [-0.3, -0.25) is 0 Å². The second kappa shape index (κ2) is 7.94. The molecule has 0 saturated carbocycles. The van der Waals surface area contributed by atoms with Crippen molar-refractivity contribution in [2.45, 2.75) is 31.0 Å². The van der Waals surface area contributed by atoms with Crippen LogP contribution in [0, 0.1) is 5.82 Å². The Morgan fingerprint density at radius 3 is 2.96 bits per heavy atom. The fraction of sp³-hybridized carbons (Fsp3) is 0.333. The van der Waals surface area contributed by atoms with Crippen LogP contribution in [-0.4, -0.2) is 32.0 Å². The maximum atomic E-state index is 13.9. The Kier molecular flexibility index (Phi) is 5.67. The number of thioether (sulfide) groups is 1. The molecule has 0 aliphatic carbocycles. The number of halogens is 2. The van der Waals surface area contributed by atoms with Gasteiger partial charge in [-0.2, -0.15) is 4.98 Å². The Balaban J connectivity index is 1.73. The van der Waals surface area contributed by atoms with Gasteiger partial charge < -0.3 is 13.8 Å². The van der Waals surface area contributed by atoms with E-state index in [1.54, 1.807) is 7.11 Å². The fourth-order valence-corrected chi connectivity index (χ4v) is 3.23. The Labute approximate surface area is 152 Å². The maximum Gasteiger partial charge on any atom is 0.260 e. The highest BCUT2D eigenvalue weighted by Crippen LogP contribution is 2.26. The number of hydrogen-bond donors (Lipinski definition) is 0. The summed E-state index contributed by atoms with van der Waals surface area (Å²) in [6.07, 6.45) is 0. The fourth-order valence-electron chi connectivity index (χ4n) is 2.19. The predicted octanol–water partition coefficient (Wildman–Crippen LogP) is 3.58. The third-order valence-electron chi connectivity index (χ3n) is 3.34. The van der Waals surface area contributed by atoms with Crippen LogP contribution in [0.4, 0.5) is 4.39 Å². The molecule has 0 N–H and O–H groups in total. The van der Waals surface area contributed by atoms with Crippen molar-refractivity contribution in [1.82, 2.24) is 24.9 Å². The second-order valence-corrected chi connectivity index (χ2v) is 6.38. The number of ether oxygens (including phenoxy) is 1. The van der Waals surface area contributed by atoms with Gasteiger partial charge in [0.1, 0.15) is 12.4 Å². The van der Waals surface area contributed by atoms with Crippen molar-refractivity contribution in [3.63, 3.8) is 0 Å². The van der Waals surface area contributed by atoms with E-state index >= 15 is 0 Å². The van der Waals surface area contributed by atoms with Crippen molar-refractivity contribution in [3.8, 4) is 11.5 Å². The minimum absolute atomic E-state index is 0.0904. The first-order valence-corrected chi connectivity index (χ1v) is 8.80. The lowest BCUT2D eigenvalue weighted by Crippen LogP contribution is -2.04. The molecule has 0 fully saturated rings. The number of methoxy groups -OCH3 is 1. The van der Waals surface area contributed by atoms with E-state index in [-0.39, 0.29) is 11.5 Å². The normalized spacial score (nSPS) is 11.2. The molecule has 0 aliphatic rings. The summed E-state index contributed by atoms with van der Waals surface area (Å²) >= 11 is 7.30. The topological polar surface area (TPSA) is 78.9 Å². The molecule has 0 radical (unpaired) electrons. The Hall–Kier alpha value is -1.97. The third kappa shape index (κ3) is 4.00. The van der Waals surface area contributed by atoms with E-state index in [1.807, 2.05) is 11.5 Å². The van der Waals surface area contributed by atoms with E-state index < -0.39 is 5.82 Å². The standard InChI is InChI=1S/C15H15ClFN5O2S/c1-3-22-13(7-23-2)19-20-15(22)25-8-12-18-14(24-21-12)10-6-9(16)4-5-11(10)17/h4-6H,3,7-8H2,1-2H3. The average molecular weight is 384 g/mol. The van der Waals surface area contributed by atoms with Crippen LogP contribution in [0.25, 0.3) is 11.5 Å². The van der Waals surface area contributed by atoms with Crippen LogP contribution in [-0.2, 0) is 23.6 Å². The summed E-state index contributed by atoms with van der Waals surface area (Å²) in [5, 5.41) is 13.3. The highest BCUT2D eigenvalue weighted by atomic mass is 35.5. The van der Waals surface area contributed by atoms with Gasteiger partial charge in [-0.15, -0.1) is 10.2 Å². The van der Waals surface area contributed by atoms with Crippen LogP contribution in [0.5, 0.6) is 0 Å². The maximum absolute atomic E-state index is 13.9. The highest BCUT2D eigenvalue weighted by Gasteiger charge is 2.16. The molecule has 10 heteroatoms. The van der Waals surface area contributed by atoms with Crippen LogP contribution >= 0.6 is 23.4 Å². The van der Waals surface area contributed by atoms with E-state index in [2.05, 4.69) is 20.3 Å². The minimum Gasteiger partial charge on any atom is -0.377 e. The van der Waals surface area contributed by atoms with Gasteiger partial charge in [-0.1, -0.05) is 28.5 Å². The number of nitrogens with zero attached hydrogens (tertiary/aromatic N) is 5. The summed E-state index contributed by atoms with van der Waals surface area (Å²) in [6, 6.07) is 4.17. The molecule has 0 saturated heterocycles. The number of aromatic nitrogens is 5. The summed E-state index contributed by atoms with van der Waals surface area (Å²) in [7, 11) is 1.61. The Morgan fingerprint density at radius 1 is 1.36 bits per heavy atom. The molecule has 0 aliphatic heterocycles. The van der Waals surface area contributed by atoms with Gasteiger partial charge in [0.05, 0.1) is 11.3 Å². The van der Waals surface area contributed by atoms with Gasteiger partial charge in [0.25, 0.3) is 5.89 Å². The van der Waals surface area contributed by atoms with Crippen LogP contribution in [0.1, 0.15) is 18.6 Å². The van der Waals surface area contributed by atoms with Crippen molar-refractivity contribution >= 4 is 23.4 Å². The second-order valence-electron chi connectivity index (χ2n) is 5.00. The molecule has 0 atom stereocenters. The lowest BCUT2D eigenvalue weighted by Gasteiger charge is -2.05. The van der Waals surface area contributed by atoms with Gasteiger partial charge in [0.15, 0.2) is 16.8 Å². The molecule has 3 aromatic rings. The number of benzene rings is 1. The zero-order valence-electron chi connectivity index (χ0n) is 13.6. The van der Waals surface area contributed by atoms with Crippen LogP contribution in [0.3, 0.4) is 0 Å². The van der Waals surface area contributed by atoms with Crippen molar-refractivity contribution in [2.75, 3.05) is 7.11 Å². The lowest BCUT2D eigenvalue weighted by atomic mass is 10.2. The molecule has 132 valence electrons. The number of hydrogen-bond acceptors (Lipinski definition) is 7. The van der Waals surface area contributed by atoms with Crippen molar-refractivity contribution in [2.24, 2.45) is 0 Å². The van der Waals surface area contributed by atoms with Gasteiger partial charge in [-0.05, 0) is 25.1 Å². The summed E-state index contributed by atoms with van der Waals surface area (Å²) in [5.41, 5.74) is 0.176.